The summed E-state index contributed by atoms with van der Waals surface area (Å²) in [5.41, 5.74) is 0.615. The first-order chi connectivity index (χ1) is 13.9. The van der Waals surface area contributed by atoms with Crippen LogP contribution in [0.3, 0.4) is 0 Å². The zero-order valence-electron chi connectivity index (χ0n) is 18.9. The minimum Gasteiger partial charge on any atom is -0.492 e. The van der Waals surface area contributed by atoms with E-state index >= 15 is 0 Å². The first-order valence-corrected chi connectivity index (χ1v) is 11.4. The molecule has 29 heavy (non-hydrogen) atoms. The molecule has 164 valence electrons. The van der Waals surface area contributed by atoms with Crippen molar-refractivity contribution in [2.24, 2.45) is 5.92 Å². The van der Waals surface area contributed by atoms with Gasteiger partial charge in [-0.3, -0.25) is 4.98 Å². The lowest BCUT2D eigenvalue weighted by Gasteiger charge is -2.34. The molecule has 1 amide bonds. The number of piperidine rings is 1. The number of pyridine rings is 1. The van der Waals surface area contributed by atoms with Crippen LogP contribution in [0.4, 0.5) is 4.79 Å². The molecule has 0 saturated carbocycles. The lowest BCUT2D eigenvalue weighted by molar-refractivity contribution is 0.0165. The topological polar surface area (TPSA) is 51.7 Å². The summed E-state index contributed by atoms with van der Waals surface area (Å²) in [5, 5.41) is 0. The summed E-state index contributed by atoms with van der Waals surface area (Å²) in [5.74, 6) is 1.28. The average Bonchev–Trinajstić information content (AvgIpc) is 2.67. The van der Waals surface area contributed by atoms with Crippen LogP contribution in [0.5, 0.6) is 5.75 Å². The Hall–Kier alpha value is -1.78. The number of likely N-dealkylation sites (tertiary alicyclic amines) is 1. The van der Waals surface area contributed by atoms with Crippen molar-refractivity contribution < 1.29 is 14.3 Å². The van der Waals surface area contributed by atoms with Crippen LogP contribution in [0.15, 0.2) is 18.3 Å². The Balaban J connectivity index is 1.71. The highest BCUT2D eigenvalue weighted by molar-refractivity contribution is 5.68. The van der Waals surface area contributed by atoms with Gasteiger partial charge in [-0.25, -0.2) is 4.79 Å². The summed E-state index contributed by atoms with van der Waals surface area (Å²) in [6.45, 7) is 10.3. The number of unbranched alkanes of at least 4 members (excludes halogenated alkanes) is 5. The molecule has 0 N–H and O–H groups in total. The molecule has 1 aliphatic rings. The molecule has 1 aromatic rings. The van der Waals surface area contributed by atoms with E-state index in [4.69, 9.17) is 9.47 Å². The number of nitrogens with zero attached hydrogens (tertiary/aromatic N) is 2. The summed E-state index contributed by atoms with van der Waals surface area (Å²) in [6.07, 6.45) is 12.3. The average molecular weight is 405 g/mol. The van der Waals surface area contributed by atoms with Crippen LogP contribution in [0.1, 0.15) is 84.8 Å². The highest BCUT2D eigenvalue weighted by atomic mass is 16.6. The third kappa shape index (κ3) is 9.51. The molecule has 1 saturated heterocycles. The number of hydrogen-bond donors (Lipinski definition) is 0. The fourth-order valence-corrected chi connectivity index (χ4v) is 3.71. The van der Waals surface area contributed by atoms with E-state index in [2.05, 4.69) is 18.0 Å². The van der Waals surface area contributed by atoms with Crippen molar-refractivity contribution >= 4 is 6.09 Å². The van der Waals surface area contributed by atoms with E-state index in [1.165, 1.54) is 32.1 Å². The van der Waals surface area contributed by atoms with Gasteiger partial charge in [0.1, 0.15) is 11.4 Å². The normalized spacial score (nSPS) is 17.2. The third-order valence-corrected chi connectivity index (χ3v) is 5.23. The largest absolute Gasteiger partial charge is 0.492 e. The monoisotopic (exact) mass is 404 g/mol. The minimum atomic E-state index is -0.447. The second-order valence-electron chi connectivity index (χ2n) is 9.24. The van der Waals surface area contributed by atoms with Gasteiger partial charge < -0.3 is 14.4 Å². The molecule has 1 atom stereocenters. The van der Waals surface area contributed by atoms with Crippen molar-refractivity contribution in [3.63, 3.8) is 0 Å². The number of ether oxygens (including phenoxy) is 2. The standard InChI is InChI=1S/C24H40N2O3/c1-5-6-7-8-9-10-16-28-22-14-13-21(25-18-22)17-20-12-11-15-26(19-20)23(27)29-24(2,3)4/h13-14,18,20H,5-12,15-17,19H2,1-4H3. The van der Waals surface area contributed by atoms with E-state index in [9.17, 15) is 4.79 Å². The maximum Gasteiger partial charge on any atom is 0.410 e. The number of hydrogen-bond acceptors (Lipinski definition) is 4. The Morgan fingerprint density at radius 2 is 1.93 bits per heavy atom. The smallest absolute Gasteiger partial charge is 0.410 e. The van der Waals surface area contributed by atoms with E-state index < -0.39 is 5.60 Å². The second kappa shape index (κ2) is 12.0. The van der Waals surface area contributed by atoms with Gasteiger partial charge >= 0.3 is 6.09 Å². The molecule has 0 bridgehead atoms. The number of amides is 1. The van der Waals surface area contributed by atoms with Gasteiger partial charge in [-0.1, -0.05) is 39.0 Å². The van der Waals surface area contributed by atoms with E-state index in [1.807, 2.05) is 37.9 Å². The minimum absolute atomic E-state index is 0.200. The molecule has 5 nitrogen and oxygen atoms in total. The Morgan fingerprint density at radius 3 is 2.62 bits per heavy atom. The summed E-state index contributed by atoms with van der Waals surface area (Å²) >= 11 is 0. The zero-order chi connectivity index (χ0) is 21.1. The molecule has 0 spiro atoms. The van der Waals surface area contributed by atoms with Crippen molar-refractivity contribution in [3.8, 4) is 5.75 Å². The van der Waals surface area contributed by atoms with Gasteiger partial charge in [0.2, 0.25) is 0 Å². The van der Waals surface area contributed by atoms with Crippen molar-refractivity contribution in [1.29, 1.82) is 0 Å². The predicted molar refractivity (Wildman–Crippen MR) is 117 cm³/mol. The van der Waals surface area contributed by atoms with E-state index in [-0.39, 0.29) is 6.09 Å². The fourth-order valence-electron chi connectivity index (χ4n) is 3.71. The molecule has 1 fully saturated rings. The van der Waals surface area contributed by atoms with Crippen LogP contribution in [0, 0.1) is 5.92 Å². The van der Waals surface area contributed by atoms with E-state index in [1.54, 1.807) is 0 Å². The van der Waals surface area contributed by atoms with Crippen LogP contribution < -0.4 is 4.74 Å². The molecule has 0 radical (unpaired) electrons. The van der Waals surface area contributed by atoms with Gasteiger partial charge in [0.15, 0.2) is 0 Å². The van der Waals surface area contributed by atoms with Gasteiger partial charge in [-0.05, 0) is 64.5 Å². The molecule has 1 aromatic heterocycles. The number of aromatic nitrogens is 1. The maximum absolute atomic E-state index is 12.3. The Morgan fingerprint density at radius 1 is 1.17 bits per heavy atom. The molecule has 1 aliphatic heterocycles. The highest BCUT2D eigenvalue weighted by Gasteiger charge is 2.27. The van der Waals surface area contributed by atoms with Gasteiger partial charge in [-0.15, -0.1) is 0 Å². The van der Waals surface area contributed by atoms with E-state index in [0.29, 0.717) is 5.92 Å². The van der Waals surface area contributed by atoms with Crippen molar-refractivity contribution in [3.05, 3.63) is 24.0 Å². The van der Waals surface area contributed by atoms with Gasteiger partial charge in [0.05, 0.1) is 12.8 Å². The van der Waals surface area contributed by atoms with Crippen molar-refractivity contribution in [2.45, 2.75) is 91.1 Å². The molecular weight excluding hydrogens is 364 g/mol. The third-order valence-electron chi connectivity index (χ3n) is 5.23. The van der Waals surface area contributed by atoms with Crippen LogP contribution in [0.25, 0.3) is 0 Å². The zero-order valence-corrected chi connectivity index (χ0v) is 18.9. The van der Waals surface area contributed by atoms with Crippen LogP contribution in [-0.2, 0) is 11.2 Å². The van der Waals surface area contributed by atoms with Crippen LogP contribution in [-0.4, -0.2) is 41.3 Å². The molecule has 0 aliphatic carbocycles. The second-order valence-corrected chi connectivity index (χ2v) is 9.24. The molecule has 2 heterocycles. The summed E-state index contributed by atoms with van der Waals surface area (Å²) in [7, 11) is 0. The van der Waals surface area contributed by atoms with Crippen LogP contribution >= 0.6 is 0 Å². The summed E-state index contributed by atoms with van der Waals surface area (Å²) in [4.78, 5) is 18.8. The SMILES string of the molecule is CCCCCCCCOc1ccc(CC2CCCN(C(=O)OC(C)(C)C)C2)nc1. The molecular formula is C24H40N2O3. The number of carbonyl (C=O) groups is 1. The Kier molecular flexibility index (Phi) is 9.75. The highest BCUT2D eigenvalue weighted by Crippen LogP contribution is 2.23. The number of rotatable bonds is 10. The summed E-state index contributed by atoms with van der Waals surface area (Å²) in [6, 6.07) is 4.08. The predicted octanol–water partition coefficient (Wildman–Crippen LogP) is 6.01. The van der Waals surface area contributed by atoms with Gasteiger partial charge in [0, 0.05) is 18.8 Å². The first kappa shape index (κ1) is 23.5. The summed E-state index contributed by atoms with van der Waals surface area (Å²) < 4.78 is 11.3. The molecule has 1 unspecified atom stereocenters. The molecule has 0 aromatic carbocycles. The Bertz CT molecular complexity index is 595. The quantitative estimate of drug-likeness (QED) is 0.448. The lowest BCUT2D eigenvalue weighted by atomic mass is 9.93. The van der Waals surface area contributed by atoms with Crippen LogP contribution in [0.2, 0.25) is 0 Å². The molecule has 5 heteroatoms. The maximum atomic E-state index is 12.3. The lowest BCUT2D eigenvalue weighted by Crippen LogP contribution is -2.43. The van der Waals surface area contributed by atoms with Gasteiger partial charge in [0.25, 0.3) is 0 Å². The van der Waals surface area contributed by atoms with Crippen molar-refractivity contribution in [2.75, 3.05) is 19.7 Å². The van der Waals surface area contributed by atoms with Gasteiger partial charge in [-0.2, -0.15) is 0 Å². The Labute approximate surface area is 177 Å². The first-order valence-electron chi connectivity index (χ1n) is 11.4. The number of carbonyl (C=O) groups excluding carboxylic acids is 1. The van der Waals surface area contributed by atoms with E-state index in [0.717, 1.165) is 56.8 Å². The van der Waals surface area contributed by atoms with Crippen molar-refractivity contribution in [1.82, 2.24) is 9.88 Å². The molecule has 2 rings (SSSR count). The fraction of sp³-hybridized carbons (Fsp3) is 0.750.